The van der Waals surface area contributed by atoms with E-state index in [0.29, 0.717) is 16.7 Å². The van der Waals surface area contributed by atoms with Gasteiger partial charge in [-0.2, -0.15) is 0 Å². The highest BCUT2D eigenvalue weighted by molar-refractivity contribution is 8.00. The normalized spacial score (nSPS) is 30.9. The summed E-state index contributed by atoms with van der Waals surface area (Å²) in [5.74, 6) is 0. The van der Waals surface area contributed by atoms with E-state index in [1.807, 2.05) is 30.3 Å². The number of fused-ring (bicyclic) bond motifs is 1. The second-order valence-corrected chi connectivity index (χ2v) is 8.79. The predicted molar refractivity (Wildman–Crippen MR) is 115 cm³/mol. The molecule has 2 fully saturated rings. The van der Waals surface area contributed by atoms with Crippen LogP contribution in [0.3, 0.4) is 0 Å². The molecule has 0 amide bonds. The summed E-state index contributed by atoms with van der Waals surface area (Å²) in [5.41, 5.74) is 9.58. The Hall–Kier alpha value is -1.48. The van der Waals surface area contributed by atoms with Gasteiger partial charge in [0.2, 0.25) is 0 Å². The Morgan fingerprint density at radius 1 is 1.17 bits per heavy atom. The summed E-state index contributed by atoms with van der Waals surface area (Å²) in [6.45, 7) is 0.290. The SMILES string of the molecule is CO[C@@H]1C(N=[N+]=[N-])[C@H]2OC(c3ccccc3)OCC2O[C@@H]1Sc1cc(Cl)ccc1Cl. The number of azide groups is 1. The molecule has 0 aliphatic carbocycles. The zero-order chi connectivity index (χ0) is 21.1. The minimum absolute atomic E-state index is 0.290. The summed E-state index contributed by atoms with van der Waals surface area (Å²) in [6, 6.07) is 14.2. The zero-order valence-corrected chi connectivity index (χ0v) is 18.3. The number of ether oxygens (including phenoxy) is 4. The number of benzene rings is 2. The Balaban J connectivity index is 1.59. The lowest BCUT2D eigenvalue weighted by atomic mass is 9.96. The van der Waals surface area contributed by atoms with Crippen LogP contribution in [-0.4, -0.2) is 43.5 Å². The van der Waals surface area contributed by atoms with E-state index in [2.05, 4.69) is 10.0 Å². The van der Waals surface area contributed by atoms with Gasteiger partial charge in [-0.05, 0) is 23.7 Å². The van der Waals surface area contributed by atoms with Gasteiger partial charge in [0.05, 0.1) is 17.7 Å². The van der Waals surface area contributed by atoms with E-state index in [1.165, 1.54) is 11.8 Å². The second-order valence-electron chi connectivity index (χ2n) is 6.81. The summed E-state index contributed by atoms with van der Waals surface area (Å²) < 4.78 is 24.0. The molecule has 10 heteroatoms. The van der Waals surface area contributed by atoms with Gasteiger partial charge >= 0.3 is 0 Å². The summed E-state index contributed by atoms with van der Waals surface area (Å²) in [4.78, 5) is 3.78. The Kier molecular flexibility index (Phi) is 7.08. The lowest BCUT2D eigenvalue weighted by Gasteiger charge is -2.47. The van der Waals surface area contributed by atoms with Crippen molar-refractivity contribution in [1.82, 2.24) is 0 Å². The first kappa shape index (κ1) is 21.7. The van der Waals surface area contributed by atoms with Crippen LogP contribution >= 0.6 is 35.0 Å². The molecule has 0 N–H and O–H groups in total. The van der Waals surface area contributed by atoms with Gasteiger partial charge in [0.15, 0.2) is 6.29 Å². The second kappa shape index (κ2) is 9.77. The van der Waals surface area contributed by atoms with E-state index >= 15 is 0 Å². The molecular formula is C20H19Cl2N3O4S. The molecule has 2 heterocycles. The van der Waals surface area contributed by atoms with Crippen LogP contribution in [-0.2, 0) is 18.9 Å². The first-order valence-electron chi connectivity index (χ1n) is 9.27. The molecule has 0 radical (unpaired) electrons. The maximum Gasteiger partial charge on any atom is 0.184 e. The topological polar surface area (TPSA) is 85.7 Å². The number of hydrogen-bond donors (Lipinski definition) is 0. The molecule has 2 aliphatic rings. The van der Waals surface area contributed by atoms with Crippen LogP contribution in [0, 0.1) is 0 Å². The van der Waals surface area contributed by atoms with Crippen LogP contribution in [0.1, 0.15) is 11.9 Å². The molecule has 0 spiro atoms. The van der Waals surface area contributed by atoms with Crippen LogP contribution in [0.25, 0.3) is 10.4 Å². The molecule has 3 unspecified atom stereocenters. The third-order valence-corrected chi connectivity index (χ3v) is 6.85. The third kappa shape index (κ3) is 4.56. The van der Waals surface area contributed by atoms with Crippen molar-refractivity contribution in [3.63, 3.8) is 0 Å². The van der Waals surface area contributed by atoms with Crippen molar-refractivity contribution in [1.29, 1.82) is 0 Å². The fraction of sp³-hybridized carbons (Fsp3) is 0.400. The van der Waals surface area contributed by atoms with Crippen molar-refractivity contribution in [2.75, 3.05) is 13.7 Å². The quantitative estimate of drug-likeness (QED) is 0.323. The van der Waals surface area contributed by atoms with E-state index in [4.69, 9.17) is 42.1 Å². The molecule has 0 bridgehead atoms. The average Bonchev–Trinajstić information content (AvgIpc) is 2.77. The Morgan fingerprint density at radius 2 is 1.97 bits per heavy atom. The highest BCUT2D eigenvalue weighted by Crippen LogP contribution is 2.42. The number of methoxy groups -OCH3 is 1. The standard InChI is InChI=1S/C20H19Cl2N3O4S/c1-26-18-16(24-25-23)17-14(10-27-19(29-17)11-5-3-2-4-6-11)28-20(18)30-15-9-12(21)7-8-13(15)22/h2-9,14,16-20H,10H2,1H3/t14?,16?,17-,18+,19?,20+/m0/s1. The molecule has 2 saturated heterocycles. The van der Waals surface area contributed by atoms with Gasteiger partial charge in [-0.15, -0.1) is 0 Å². The van der Waals surface area contributed by atoms with Crippen molar-refractivity contribution < 1.29 is 18.9 Å². The molecule has 30 heavy (non-hydrogen) atoms. The van der Waals surface area contributed by atoms with Crippen LogP contribution in [0.2, 0.25) is 10.0 Å². The minimum atomic E-state index is -0.607. The predicted octanol–water partition coefficient (Wildman–Crippen LogP) is 5.62. The largest absolute Gasteiger partial charge is 0.377 e. The van der Waals surface area contributed by atoms with Crippen LogP contribution < -0.4 is 0 Å². The van der Waals surface area contributed by atoms with E-state index < -0.39 is 36.1 Å². The van der Waals surface area contributed by atoms with Crippen LogP contribution in [0.4, 0.5) is 0 Å². The van der Waals surface area contributed by atoms with Crippen LogP contribution in [0.5, 0.6) is 0 Å². The van der Waals surface area contributed by atoms with Crippen molar-refractivity contribution in [2.45, 2.75) is 41.0 Å². The Bertz CT molecular complexity index is 932. The van der Waals surface area contributed by atoms with Gasteiger partial charge in [-0.25, -0.2) is 0 Å². The molecule has 2 aromatic rings. The van der Waals surface area contributed by atoms with Gasteiger partial charge in [-0.3, -0.25) is 0 Å². The monoisotopic (exact) mass is 467 g/mol. The molecule has 158 valence electrons. The molecular weight excluding hydrogens is 449 g/mol. The Labute approximate surface area is 188 Å². The molecule has 0 saturated carbocycles. The maximum atomic E-state index is 9.19. The maximum absolute atomic E-state index is 9.19. The van der Waals surface area contributed by atoms with Crippen molar-refractivity contribution in [2.24, 2.45) is 5.11 Å². The van der Waals surface area contributed by atoms with Gasteiger partial charge in [0.25, 0.3) is 0 Å². The van der Waals surface area contributed by atoms with Gasteiger partial charge in [-0.1, -0.05) is 70.4 Å². The minimum Gasteiger partial charge on any atom is -0.377 e. The van der Waals surface area contributed by atoms with Crippen molar-refractivity contribution >= 4 is 35.0 Å². The molecule has 0 aromatic heterocycles. The summed E-state index contributed by atoms with van der Waals surface area (Å²) in [5, 5.41) is 5.11. The Morgan fingerprint density at radius 3 is 2.70 bits per heavy atom. The third-order valence-electron chi connectivity index (χ3n) is 4.97. The molecule has 2 aliphatic heterocycles. The van der Waals surface area contributed by atoms with Gasteiger partial charge in [0.1, 0.15) is 23.7 Å². The van der Waals surface area contributed by atoms with Gasteiger partial charge in [0, 0.05) is 27.5 Å². The van der Waals surface area contributed by atoms with E-state index in [-0.39, 0.29) is 0 Å². The summed E-state index contributed by atoms with van der Waals surface area (Å²) in [7, 11) is 1.55. The smallest absolute Gasteiger partial charge is 0.184 e. The van der Waals surface area contributed by atoms with E-state index in [9.17, 15) is 5.53 Å². The first-order chi connectivity index (χ1) is 14.6. The van der Waals surface area contributed by atoms with E-state index in [0.717, 1.165) is 10.5 Å². The van der Waals surface area contributed by atoms with Gasteiger partial charge < -0.3 is 18.9 Å². The fourth-order valence-corrected chi connectivity index (χ4v) is 5.29. The molecule has 2 aromatic carbocycles. The molecule has 7 nitrogen and oxygen atoms in total. The van der Waals surface area contributed by atoms with Crippen LogP contribution in [0.15, 0.2) is 58.5 Å². The fourth-order valence-electron chi connectivity index (χ4n) is 3.58. The lowest BCUT2D eigenvalue weighted by Crippen LogP contribution is -2.60. The highest BCUT2D eigenvalue weighted by Gasteiger charge is 2.50. The lowest BCUT2D eigenvalue weighted by molar-refractivity contribution is -0.298. The van der Waals surface area contributed by atoms with Crippen molar-refractivity contribution in [3.05, 3.63) is 74.6 Å². The first-order valence-corrected chi connectivity index (χ1v) is 10.9. The molecule has 4 rings (SSSR count). The summed E-state index contributed by atoms with van der Waals surface area (Å²) >= 11 is 13.8. The summed E-state index contributed by atoms with van der Waals surface area (Å²) in [6.07, 6.45) is -2.08. The number of nitrogens with zero attached hydrogens (tertiary/aromatic N) is 3. The highest BCUT2D eigenvalue weighted by atomic mass is 35.5. The van der Waals surface area contributed by atoms with E-state index in [1.54, 1.807) is 25.3 Å². The van der Waals surface area contributed by atoms with Crippen molar-refractivity contribution in [3.8, 4) is 0 Å². The average molecular weight is 468 g/mol. The number of hydrogen-bond acceptors (Lipinski definition) is 6. The molecule has 6 atom stereocenters. The number of thioether (sulfide) groups is 1. The zero-order valence-electron chi connectivity index (χ0n) is 15.9. The number of halogens is 2. The number of rotatable bonds is 5.